The van der Waals surface area contributed by atoms with Crippen molar-refractivity contribution in [2.75, 3.05) is 40.4 Å². The fourth-order valence-corrected chi connectivity index (χ4v) is 8.65. The molecule has 15 nitrogen and oxygen atoms in total. The van der Waals surface area contributed by atoms with Gasteiger partial charge in [-0.15, -0.1) is 22.6 Å². The molecule has 10 rings (SSSR count). The highest BCUT2D eigenvalue weighted by molar-refractivity contribution is 5.98. The van der Waals surface area contributed by atoms with Gasteiger partial charge in [-0.1, -0.05) is 49.2 Å². The van der Waals surface area contributed by atoms with Crippen LogP contribution in [0.1, 0.15) is 116 Å². The van der Waals surface area contributed by atoms with Gasteiger partial charge in [-0.2, -0.15) is 20.5 Å². The maximum absolute atomic E-state index is 15.4. The van der Waals surface area contributed by atoms with Crippen molar-refractivity contribution in [1.82, 2.24) is 40.6 Å². The number of carboxylic acid groups (broad SMARTS) is 1. The van der Waals surface area contributed by atoms with Gasteiger partial charge in [0.15, 0.2) is 23.0 Å². The number of H-pyrrole nitrogens is 2. The molecule has 18 heteroatoms. The summed E-state index contributed by atoms with van der Waals surface area (Å²) in [4.78, 5) is 34.8. The lowest BCUT2D eigenvalue weighted by molar-refractivity contribution is -0.0231. The second-order valence-corrected chi connectivity index (χ2v) is 17.5. The minimum Gasteiger partial charge on any atom is -0.478 e. The minimum atomic E-state index is -1.61. The highest BCUT2D eigenvalue weighted by Crippen LogP contribution is 2.44. The predicted molar refractivity (Wildman–Crippen MR) is 250 cm³/mol. The number of aromatic carboxylic acids is 1. The number of halogens is 3. The van der Waals surface area contributed by atoms with Gasteiger partial charge < -0.3 is 24.8 Å². The number of likely N-dealkylation sites (tertiary alicyclic amines) is 1. The van der Waals surface area contributed by atoms with Crippen molar-refractivity contribution in [1.29, 1.82) is 10.5 Å². The molecule has 2 saturated heterocycles. The first-order valence-electron chi connectivity index (χ1n) is 22.1. The first kappa shape index (κ1) is 48.7. The van der Waals surface area contributed by atoms with E-state index in [4.69, 9.17) is 20.0 Å². The summed E-state index contributed by atoms with van der Waals surface area (Å²) in [6.45, 7) is 4.46. The smallest absolute Gasteiger partial charge is 0.335 e. The number of amides is 1. The molecular weight excluding hydrogens is 894 g/mol. The van der Waals surface area contributed by atoms with E-state index >= 15 is 4.39 Å². The second kappa shape index (κ2) is 20.3. The molecule has 68 heavy (non-hydrogen) atoms. The lowest BCUT2D eigenvalue weighted by atomic mass is 9.77. The topological polar surface area (TPSA) is 219 Å². The van der Waals surface area contributed by atoms with Gasteiger partial charge in [0.05, 0.1) is 56.1 Å². The Morgan fingerprint density at radius 2 is 1.13 bits per heavy atom. The van der Waals surface area contributed by atoms with E-state index in [2.05, 4.69) is 41.7 Å². The average Bonchev–Trinajstić information content (AvgIpc) is 3.97. The Labute approximate surface area is 398 Å². The summed E-state index contributed by atoms with van der Waals surface area (Å²) >= 11 is 0. The Kier molecular flexibility index (Phi) is 14.6. The number of rotatable bonds is 10. The maximum Gasteiger partial charge on any atom is 0.335 e. The van der Waals surface area contributed by atoms with Crippen LogP contribution in [0.15, 0.2) is 72.8 Å². The molecule has 2 aliphatic carbocycles. The molecule has 4 aromatic carbocycles. The van der Waals surface area contributed by atoms with Gasteiger partial charge in [0.1, 0.15) is 0 Å². The Morgan fingerprint density at radius 3 is 1.49 bits per heavy atom. The van der Waals surface area contributed by atoms with Crippen molar-refractivity contribution >= 4 is 24.3 Å². The minimum absolute atomic E-state index is 0. The van der Waals surface area contributed by atoms with Crippen LogP contribution in [0.4, 0.5) is 8.78 Å². The van der Waals surface area contributed by atoms with Gasteiger partial charge in [0.25, 0.3) is 5.91 Å². The van der Waals surface area contributed by atoms with Crippen molar-refractivity contribution in [2.24, 2.45) is 0 Å². The van der Waals surface area contributed by atoms with E-state index in [1.165, 1.54) is 32.0 Å². The van der Waals surface area contributed by atoms with Crippen LogP contribution >= 0.6 is 12.4 Å². The number of hydrogen-bond donors (Lipinski definition) is 4. The van der Waals surface area contributed by atoms with Crippen molar-refractivity contribution in [2.45, 2.75) is 75.5 Å². The molecule has 2 aliphatic heterocycles. The number of carboxylic acids is 1. The van der Waals surface area contributed by atoms with Gasteiger partial charge >= 0.3 is 18.0 Å². The molecule has 0 unspecified atom stereocenters. The Balaban J connectivity index is 0.000000167. The quantitative estimate of drug-likeness (QED) is 0.101. The van der Waals surface area contributed by atoms with E-state index in [1.54, 1.807) is 54.6 Å². The number of hydrogen-bond acceptors (Lipinski definition) is 11. The number of alkyl halides is 2. The standard InChI is InChI=1S/C25H24FN5O2.C15H17N3O3.C10H9FN2.ClH/c1-15-10-20(17-4-3-5-17)21(22-28-24(33-2)30-29-22)11-19(15)23(32)31-13-25(26,14-31)18-8-6-16(12-27)7-9-18;1-8-6-11(9-4-3-5-9)12(7-10(8)14(19)20)13-16-15(21-2)18-17-13;11-10(6-13-7-10)9-3-1-8(5-12)2-4-9;/h6-11,17H,3-5,13-14H2,1-2H3,(H,28,29,30);6-7,9H,3-5H2,1-2H3,(H,19,20)(H,16,17,18);1-4,13H,6-7H2;1H. The van der Waals surface area contributed by atoms with E-state index in [1.807, 2.05) is 38.1 Å². The van der Waals surface area contributed by atoms with E-state index in [0.29, 0.717) is 70.0 Å². The third-order valence-corrected chi connectivity index (χ3v) is 13.2. The molecule has 0 bridgehead atoms. The summed E-state index contributed by atoms with van der Waals surface area (Å²) < 4.78 is 39.2. The maximum atomic E-state index is 15.4. The summed E-state index contributed by atoms with van der Waals surface area (Å²) in [5.41, 5.74) is 5.77. The van der Waals surface area contributed by atoms with Gasteiger partial charge in [-0.25, -0.2) is 13.6 Å². The number of nitrogens with one attached hydrogen (secondary N) is 3. The number of aryl methyl sites for hydroxylation is 2. The molecule has 4 aliphatic rings. The van der Waals surface area contributed by atoms with Crippen molar-refractivity contribution in [3.05, 3.63) is 128 Å². The van der Waals surface area contributed by atoms with Crippen molar-refractivity contribution < 1.29 is 33.0 Å². The van der Waals surface area contributed by atoms with Crippen LogP contribution < -0.4 is 14.8 Å². The molecule has 2 aromatic heterocycles. The summed E-state index contributed by atoms with van der Waals surface area (Å²) in [6, 6.07) is 25.2. The van der Waals surface area contributed by atoms with Crippen LogP contribution in [-0.4, -0.2) is 92.6 Å². The first-order valence-corrected chi connectivity index (χ1v) is 22.1. The fraction of sp³-hybridized carbons (Fsp3) is 0.360. The number of methoxy groups -OCH3 is 2. The van der Waals surface area contributed by atoms with Crippen LogP contribution in [0.5, 0.6) is 12.0 Å². The number of benzene rings is 4. The van der Waals surface area contributed by atoms with E-state index in [-0.39, 0.29) is 43.4 Å². The number of nitrogens with zero attached hydrogens (tertiary/aromatic N) is 7. The molecule has 4 heterocycles. The Bertz CT molecular complexity index is 2870. The van der Waals surface area contributed by atoms with Crippen LogP contribution in [0.25, 0.3) is 22.8 Å². The summed E-state index contributed by atoms with van der Waals surface area (Å²) in [6.07, 6.45) is 6.86. The van der Waals surface area contributed by atoms with Gasteiger partial charge in [0, 0.05) is 29.8 Å². The van der Waals surface area contributed by atoms with Crippen LogP contribution in [0.2, 0.25) is 0 Å². The fourth-order valence-electron chi connectivity index (χ4n) is 8.65. The van der Waals surface area contributed by atoms with Crippen LogP contribution in [0.3, 0.4) is 0 Å². The zero-order chi connectivity index (χ0) is 47.5. The molecule has 1 amide bonds. The second-order valence-electron chi connectivity index (χ2n) is 17.5. The zero-order valence-corrected chi connectivity index (χ0v) is 38.8. The normalized spacial score (nSPS) is 16.4. The summed E-state index contributed by atoms with van der Waals surface area (Å²) in [5.74, 6) is 0.873. The molecule has 352 valence electrons. The zero-order valence-electron chi connectivity index (χ0n) is 38.0. The third kappa shape index (κ3) is 9.91. The van der Waals surface area contributed by atoms with Crippen molar-refractivity contribution in [3.8, 4) is 46.9 Å². The van der Waals surface area contributed by atoms with E-state index in [9.17, 15) is 19.1 Å². The number of ether oxygens (including phenoxy) is 2. The Morgan fingerprint density at radius 1 is 0.706 bits per heavy atom. The van der Waals surface area contributed by atoms with Gasteiger partial charge in [-0.05, 0) is 121 Å². The van der Waals surface area contributed by atoms with E-state index in [0.717, 1.165) is 59.1 Å². The lowest BCUT2D eigenvalue weighted by Crippen LogP contribution is -2.58. The lowest BCUT2D eigenvalue weighted by Gasteiger charge is -2.45. The largest absolute Gasteiger partial charge is 0.478 e. The third-order valence-electron chi connectivity index (χ3n) is 13.2. The monoisotopic (exact) mass is 944 g/mol. The molecule has 0 spiro atoms. The molecule has 0 atom stereocenters. The van der Waals surface area contributed by atoms with Crippen LogP contribution in [0, 0.1) is 36.5 Å². The number of carbonyl (C=O) groups is 2. The summed E-state index contributed by atoms with van der Waals surface area (Å²) in [7, 11) is 3.00. The number of nitriles is 2. The van der Waals surface area contributed by atoms with Gasteiger partial charge in [0.2, 0.25) is 0 Å². The summed E-state index contributed by atoms with van der Waals surface area (Å²) in [5, 5.41) is 43.4. The number of aromatic nitrogens is 6. The first-order chi connectivity index (χ1) is 32.3. The molecular formula is C50H51ClF2N10O5. The number of carbonyl (C=O) groups excluding carboxylic acids is 1. The predicted octanol–water partition coefficient (Wildman–Crippen LogP) is 8.75. The van der Waals surface area contributed by atoms with Gasteiger partial charge in [-0.3, -0.25) is 15.0 Å². The SMILES string of the molecule is COc1n[nH]c(-c2cc(C(=O)N3CC(F)(c4ccc(C#N)cc4)C3)c(C)cc2C2CCC2)n1.COc1n[nH]c(-c2cc(C(=O)O)c(C)cc2C2CCC2)n1.Cl.N#Cc1ccc(C2(F)CNC2)cc1. The Hall–Kier alpha value is -7.21. The molecule has 4 fully saturated rings. The van der Waals surface area contributed by atoms with E-state index < -0.39 is 17.3 Å². The average molecular weight is 945 g/mol. The molecule has 6 aromatic rings. The van der Waals surface area contributed by atoms with Crippen LogP contribution in [-0.2, 0) is 11.3 Å². The van der Waals surface area contributed by atoms with Crippen molar-refractivity contribution in [3.63, 3.8) is 0 Å². The molecule has 0 radical (unpaired) electrons. The molecule has 2 saturated carbocycles. The molecule has 4 N–H and O–H groups in total. The number of aromatic amines is 2. The highest BCUT2D eigenvalue weighted by atomic mass is 35.5. The highest BCUT2D eigenvalue weighted by Gasteiger charge is 2.47.